The van der Waals surface area contributed by atoms with Crippen molar-refractivity contribution >= 4 is 27.5 Å². The lowest BCUT2D eigenvalue weighted by molar-refractivity contribution is -0.116. The molecule has 2 rings (SSSR count). The fraction of sp³-hybridized carbons (Fsp3) is 0.364. The normalized spacial score (nSPS) is 20.8. The molecule has 0 aliphatic carbocycles. The average Bonchev–Trinajstić information content (AvgIpc) is 2.60. The van der Waals surface area contributed by atoms with E-state index in [0.717, 1.165) is 24.4 Å². The van der Waals surface area contributed by atoms with Gasteiger partial charge >= 0.3 is 0 Å². The minimum Gasteiger partial charge on any atom is -0.497 e. The summed E-state index contributed by atoms with van der Waals surface area (Å²) in [5.41, 5.74) is 0.933. The van der Waals surface area contributed by atoms with Crippen molar-refractivity contribution in [1.82, 2.24) is 0 Å². The van der Waals surface area contributed by atoms with Crippen molar-refractivity contribution in [3.8, 4) is 5.75 Å². The van der Waals surface area contributed by atoms with Gasteiger partial charge in [-0.3, -0.25) is 4.79 Å². The molecule has 0 bridgehead atoms. The molecular formula is C11H12BrNO2. The standard InChI is InChI=1S/C11H12BrNO2/c1-15-9-4-2-8(3-5-9)13-7-6-10(12)11(13)14/h2-5,10H,6-7H2,1H3. The van der Waals surface area contributed by atoms with Crippen molar-refractivity contribution in [3.05, 3.63) is 24.3 Å². The third kappa shape index (κ3) is 2.00. The molecule has 0 N–H and O–H groups in total. The minimum absolute atomic E-state index is 0.0281. The molecule has 0 aromatic heterocycles. The molecule has 1 atom stereocenters. The first kappa shape index (κ1) is 10.5. The number of amides is 1. The van der Waals surface area contributed by atoms with E-state index in [2.05, 4.69) is 15.9 Å². The Morgan fingerprint density at radius 1 is 1.40 bits per heavy atom. The lowest BCUT2D eigenvalue weighted by atomic mass is 10.3. The molecular weight excluding hydrogens is 258 g/mol. The van der Waals surface area contributed by atoms with Crippen LogP contribution >= 0.6 is 15.9 Å². The summed E-state index contributed by atoms with van der Waals surface area (Å²) in [4.78, 5) is 13.5. The van der Waals surface area contributed by atoms with Crippen molar-refractivity contribution in [1.29, 1.82) is 0 Å². The summed E-state index contributed by atoms with van der Waals surface area (Å²) in [6.45, 7) is 0.779. The predicted octanol–water partition coefficient (Wildman–Crippen LogP) is 2.20. The number of rotatable bonds is 2. The molecule has 1 aliphatic rings. The second-order valence-electron chi connectivity index (χ2n) is 3.44. The second kappa shape index (κ2) is 4.23. The topological polar surface area (TPSA) is 29.5 Å². The number of alkyl halides is 1. The summed E-state index contributed by atoms with van der Waals surface area (Å²) >= 11 is 3.35. The molecule has 0 radical (unpaired) electrons. The Kier molecular flexibility index (Phi) is 2.95. The van der Waals surface area contributed by atoms with Gasteiger partial charge in [0, 0.05) is 12.2 Å². The average molecular weight is 270 g/mol. The number of hydrogen-bond acceptors (Lipinski definition) is 2. The van der Waals surface area contributed by atoms with Gasteiger partial charge in [-0.1, -0.05) is 15.9 Å². The summed E-state index contributed by atoms with van der Waals surface area (Å²) in [6.07, 6.45) is 0.866. The van der Waals surface area contributed by atoms with Gasteiger partial charge in [-0.25, -0.2) is 0 Å². The molecule has 1 amide bonds. The number of halogens is 1. The van der Waals surface area contributed by atoms with E-state index in [0.29, 0.717) is 0 Å². The summed E-state index contributed by atoms with van der Waals surface area (Å²) in [6, 6.07) is 7.54. The number of anilines is 1. The minimum atomic E-state index is -0.0281. The van der Waals surface area contributed by atoms with Gasteiger partial charge in [-0.05, 0) is 30.7 Å². The first-order chi connectivity index (χ1) is 7.22. The van der Waals surface area contributed by atoms with Crippen LogP contribution in [0.4, 0.5) is 5.69 Å². The van der Waals surface area contributed by atoms with Crippen LogP contribution < -0.4 is 9.64 Å². The Hall–Kier alpha value is -1.03. The maximum Gasteiger partial charge on any atom is 0.240 e. The molecule has 3 nitrogen and oxygen atoms in total. The highest BCUT2D eigenvalue weighted by Crippen LogP contribution is 2.26. The summed E-state index contributed by atoms with van der Waals surface area (Å²) < 4.78 is 5.07. The number of nitrogens with zero attached hydrogens (tertiary/aromatic N) is 1. The van der Waals surface area contributed by atoms with E-state index >= 15 is 0 Å². The van der Waals surface area contributed by atoms with Crippen LogP contribution in [-0.2, 0) is 4.79 Å². The number of carbonyl (C=O) groups excluding carboxylic acids is 1. The van der Waals surface area contributed by atoms with Crippen LogP contribution in [0.1, 0.15) is 6.42 Å². The van der Waals surface area contributed by atoms with Crippen LogP contribution in [0.25, 0.3) is 0 Å². The van der Waals surface area contributed by atoms with Crippen LogP contribution in [0.5, 0.6) is 5.75 Å². The number of methoxy groups -OCH3 is 1. The molecule has 1 unspecified atom stereocenters. The van der Waals surface area contributed by atoms with Crippen LogP contribution in [0.3, 0.4) is 0 Å². The van der Waals surface area contributed by atoms with Crippen molar-refractivity contribution in [3.63, 3.8) is 0 Å². The van der Waals surface area contributed by atoms with Gasteiger partial charge in [-0.2, -0.15) is 0 Å². The highest BCUT2D eigenvalue weighted by atomic mass is 79.9. The quantitative estimate of drug-likeness (QED) is 0.771. The van der Waals surface area contributed by atoms with Crippen molar-refractivity contribution < 1.29 is 9.53 Å². The predicted molar refractivity (Wildman–Crippen MR) is 62.7 cm³/mol. The molecule has 1 aliphatic heterocycles. The number of hydrogen-bond donors (Lipinski definition) is 0. The summed E-state index contributed by atoms with van der Waals surface area (Å²) in [5.74, 6) is 0.945. The molecule has 1 heterocycles. The van der Waals surface area contributed by atoms with Crippen LogP contribution in [0.15, 0.2) is 24.3 Å². The molecule has 80 valence electrons. The van der Waals surface area contributed by atoms with E-state index in [1.165, 1.54) is 0 Å². The van der Waals surface area contributed by atoms with E-state index in [1.54, 1.807) is 12.0 Å². The van der Waals surface area contributed by atoms with Crippen LogP contribution in [0, 0.1) is 0 Å². The number of carbonyl (C=O) groups is 1. The SMILES string of the molecule is COc1ccc(N2CCC(Br)C2=O)cc1. The fourth-order valence-electron chi connectivity index (χ4n) is 1.66. The Balaban J connectivity index is 2.19. The van der Waals surface area contributed by atoms with Crippen LogP contribution in [0.2, 0.25) is 0 Å². The van der Waals surface area contributed by atoms with E-state index in [-0.39, 0.29) is 10.7 Å². The van der Waals surface area contributed by atoms with E-state index in [4.69, 9.17) is 4.74 Å². The lowest BCUT2D eigenvalue weighted by Crippen LogP contribution is -2.26. The Bertz CT molecular complexity index is 363. The Morgan fingerprint density at radius 3 is 2.53 bits per heavy atom. The highest BCUT2D eigenvalue weighted by Gasteiger charge is 2.30. The zero-order chi connectivity index (χ0) is 10.8. The molecule has 1 saturated heterocycles. The van der Waals surface area contributed by atoms with Crippen molar-refractivity contribution in [2.75, 3.05) is 18.6 Å². The summed E-state index contributed by atoms with van der Waals surface area (Å²) in [7, 11) is 1.63. The molecule has 1 fully saturated rings. The van der Waals surface area contributed by atoms with E-state index in [9.17, 15) is 4.79 Å². The van der Waals surface area contributed by atoms with Gasteiger partial charge in [0.2, 0.25) is 5.91 Å². The Labute approximate surface area is 97.2 Å². The molecule has 0 saturated carbocycles. The smallest absolute Gasteiger partial charge is 0.240 e. The molecule has 1 aromatic rings. The first-order valence-electron chi connectivity index (χ1n) is 4.82. The maximum absolute atomic E-state index is 11.7. The van der Waals surface area contributed by atoms with Crippen molar-refractivity contribution in [2.24, 2.45) is 0 Å². The summed E-state index contributed by atoms with van der Waals surface area (Å²) in [5, 5.41) is 0. The van der Waals surface area contributed by atoms with E-state index < -0.39 is 0 Å². The molecule has 15 heavy (non-hydrogen) atoms. The monoisotopic (exact) mass is 269 g/mol. The fourth-order valence-corrected chi connectivity index (χ4v) is 2.12. The van der Waals surface area contributed by atoms with Gasteiger partial charge in [0.15, 0.2) is 0 Å². The molecule has 4 heteroatoms. The zero-order valence-corrected chi connectivity index (χ0v) is 10.0. The second-order valence-corrected chi connectivity index (χ2v) is 4.55. The zero-order valence-electron chi connectivity index (χ0n) is 8.44. The van der Waals surface area contributed by atoms with Gasteiger partial charge < -0.3 is 9.64 Å². The third-order valence-electron chi connectivity index (χ3n) is 2.52. The lowest BCUT2D eigenvalue weighted by Gasteiger charge is -2.16. The largest absolute Gasteiger partial charge is 0.497 e. The molecule has 0 spiro atoms. The highest BCUT2D eigenvalue weighted by molar-refractivity contribution is 9.10. The van der Waals surface area contributed by atoms with Gasteiger partial charge in [0.1, 0.15) is 5.75 Å². The van der Waals surface area contributed by atoms with Crippen molar-refractivity contribution in [2.45, 2.75) is 11.2 Å². The Morgan fingerprint density at radius 2 is 2.07 bits per heavy atom. The third-order valence-corrected chi connectivity index (χ3v) is 3.37. The van der Waals surface area contributed by atoms with E-state index in [1.807, 2.05) is 24.3 Å². The molecule has 1 aromatic carbocycles. The number of benzene rings is 1. The van der Waals surface area contributed by atoms with Gasteiger partial charge in [-0.15, -0.1) is 0 Å². The number of ether oxygens (including phenoxy) is 1. The van der Waals surface area contributed by atoms with Gasteiger partial charge in [0.25, 0.3) is 0 Å². The van der Waals surface area contributed by atoms with Crippen LogP contribution in [-0.4, -0.2) is 24.4 Å². The maximum atomic E-state index is 11.7. The van der Waals surface area contributed by atoms with Gasteiger partial charge in [0.05, 0.1) is 11.9 Å². The first-order valence-corrected chi connectivity index (χ1v) is 5.73.